The predicted molar refractivity (Wildman–Crippen MR) is 90.6 cm³/mol. The van der Waals surface area contributed by atoms with Gasteiger partial charge in [-0.15, -0.1) is 0 Å². The van der Waals surface area contributed by atoms with Crippen molar-refractivity contribution in [1.82, 2.24) is 14.5 Å². The lowest BCUT2D eigenvalue weighted by Gasteiger charge is -2.04. The van der Waals surface area contributed by atoms with E-state index in [1.807, 2.05) is 12.2 Å². The largest absolute Gasteiger partial charge is 0.347 e. The standard InChI is InChI=1S/C18H19N3O/c1-2-3-9-21-10-8-15-11-14(5-7-17(15)21)4-6-16-12-18(22)20-13-19-16/h4-8,10-13H,2-3,9H2,1H3,(H,19,20,22)/b6-4+. The van der Waals surface area contributed by atoms with Gasteiger partial charge in [0.05, 0.1) is 12.0 Å². The van der Waals surface area contributed by atoms with Crippen LogP contribution in [0.25, 0.3) is 23.1 Å². The van der Waals surface area contributed by atoms with Gasteiger partial charge in [0, 0.05) is 29.7 Å². The second-order valence-electron chi connectivity index (χ2n) is 5.35. The summed E-state index contributed by atoms with van der Waals surface area (Å²) in [7, 11) is 0. The van der Waals surface area contributed by atoms with Crippen molar-refractivity contribution in [3.8, 4) is 0 Å². The second kappa shape index (κ2) is 6.43. The second-order valence-corrected chi connectivity index (χ2v) is 5.35. The van der Waals surface area contributed by atoms with Gasteiger partial charge in [-0.1, -0.05) is 25.5 Å². The Kier molecular flexibility index (Phi) is 4.19. The molecule has 0 radical (unpaired) electrons. The average molecular weight is 293 g/mol. The molecule has 0 amide bonds. The SMILES string of the molecule is CCCCn1ccc2cc(/C=C/c3cc(=O)[nH]cn3)ccc21. The molecule has 1 N–H and O–H groups in total. The molecule has 0 bridgehead atoms. The number of hydrogen-bond donors (Lipinski definition) is 1. The molecule has 0 saturated carbocycles. The van der Waals surface area contributed by atoms with Gasteiger partial charge in [0.25, 0.3) is 5.56 Å². The van der Waals surface area contributed by atoms with E-state index in [0.717, 1.165) is 12.1 Å². The normalized spacial score (nSPS) is 11.5. The number of aromatic amines is 1. The molecule has 0 atom stereocenters. The van der Waals surface area contributed by atoms with Gasteiger partial charge in [0.2, 0.25) is 0 Å². The van der Waals surface area contributed by atoms with Gasteiger partial charge in [-0.3, -0.25) is 4.79 Å². The molecule has 0 aliphatic rings. The Labute approximate surface area is 129 Å². The van der Waals surface area contributed by atoms with E-state index in [1.165, 1.54) is 36.1 Å². The third kappa shape index (κ3) is 3.17. The van der Waals surface area contributed by atoms with Crippen molar-refractivity contribution in [2.45, 2.75) is 26.3 Å². The van der Waals surface area contributed by atoms with E-state index < -0.39 is 0 Å². The van der Waals surface area contributed by atoms with Crippen LogP contribution in [0.1, 0.15) is 31.0 Å². The molecule has 3 rings (SSSR count). The van der Waals surface area contributed by atoms with Crippen LogP contribution in [0.2, 0.25) is 0 Å². The zero-order chi connectivity index (χ0) is 15.4. The summed E-state index contributed by atoms with van der Waals surface area (Å²) in [5.74, 6) is 0. The number of unbranched alkanes of at least 4 members (excludes halogenated alkanes) is 1. The summed E-state index contributed by atoms with van der Waals surface area (Å²) < 4.78 is 2.30. The molecule has 0 aliphatic heterocycles. The van der Waals surface area contributed by atoms with E-state index in [9.17, 15) is 4.79 Å². The number of H-pyrrole nitrogens is 1. The maximum atomic E-state index is 11.2. The lowest BCUT2D eigenvalue weighted by Crippen LogP contribution is -2.04. The van der Waals surface area contributed by atoms with Gasteiger partial charge < -0.3 is 9.55 Å². The number of nitrogens with one attached hydrogen (secondary N) is 1. The average Bonchev–Trinajstić information content (AvgIpc) is 2.93. The van der Waals surface area contributed by atoms with Crippen LogP contribution in [-0.4, -0.2) is 14.5 Å². The highest BCUT2D eigenvalue weighted by atomic mass is 16.1. The smallest absolute Gasteiger partial charge is 0.251 e. The van der Waals surface area contributed by atoms with Crippen molar-refractivity contribution in [2.24, 2.45) is 0 Å². The molecule has 4 nitrogen and oxygen atoms in total. The van der Waals surface area contributed by atoms with E-state index in [-0.39, 0.29) is 5.56 Å². The van der Waals surface area contributed by atoms with Gasteiger partial charge in [-0.05, 0) is 36.3 Å². The Bertz CT molecular complexity index is 858. The quantitative estimate of drug-likeness (QED) is 0.780. The van der Waals surface area contributed by atoms with E-state index in [0.29, 0.717) is 5.69 Å². The van der Waals surface area contributed by atoms with Crippen molar-refractivity contribution in [3.05, 3.63) is 64.5 Å². The number of aryl methyl sites for hydroxylation is 1. The maximum absolute atomic E-state index is 11.2. The molecule has 0 unspecified atom stereocenters. The van der Waals surface area contributed by atoms with Gasteiger partial charge in [0.1, 0.15) is 0 Å². The van der Waals surface area contributed by atoms with Crippen LogP contribution < -0.4 is 5.56 Å². The van der Waals surface area contributed by atoms with Gasteiger partial charge >= 0.3 is 0 Å². The predicted octanol–water partition coefficient (Wildman–Crippen LogP) is 3.70. The zero-order valence-corrected chi connectivity index (χ0v) is 12.6. The molecular formula is C18H19N3O. The Morgan fingerprint density at radius 1 is 1.23 bits per heavy atom. The van der Waals surface area contributed by atoms with Gasteiger partial charge in [0.15, 0.2) is 0 Å². The molecule has 112 valence electrons. The molecule has 1 aromatic carbocycles. The Balaban J connectivity index is 1.85. The summed E-state index contributed by atoms with van der Waals surface area (Å²) in [6, 6.07) is 10.0. The number of benzene rings is 1. The Morgan fingerprint density at radius 2 is 2.14 bits per heavy atom. The van der Waals surface area contributed by atoms with Crippen LogP contribution in [-0.2, 0) is 6.54 Å². The molecule has 3 aromatic rings. The number of fused-ring (bicyclic) bond motifs is 1. The van der Waals surface area contributed by atoms with Crippen LogP contribution in [0.15, 0.2) is 47.7 Å². The fourth-order valence-electron chi connectivity index (χ4n) is 2.50. The summed E-state index contributed by atoms with van der Waals surface area (Å²) in [6.07, 6.45) is 9.78. The van der Waals surface area contributed by atoms with Crippen molar-refractivity contribution in [3.63, 3.8) is 0 Å². The van der Waals surface area contributed by atoms with Crippen LogP contribution in [0.4, 0.5) is 0 Å². The molecule has 0 fully saturated rings. The Morgan fingerprint density at radius 3 is 2.95 bits per heavy atom. The highest BCUT2D eigenvalue weighted by Crippen LogP contribution is 2.19. The minimum Gasteiger partial charge on any atom is -0.347 e. The van der Waals surface area contributed by atoms with E-state index >= 15 is 0 Å². The number of hydrogen-bond acceptors (Lipinski definition) is 2. The monoisotopic (exact) mass is 293 g/mol. The lowest BCUT2D eigenvalue weighted by atomic mass is 10.1. The molecule has 0 saturated heterocycles. The Hall–Kier alpha value is -2.62. The molecular weight excluding hydrogens is 274 g/mol. The molecule has 0 spiro atoms. The summed E-state index contributed by atoms with van der Waals surface area (Å²) in [4.78, 5) is 17.9. The summed E-state index contributed by atoms with van der Waals surface area (Å²) in [5.41, 5.74) is 2.88. The summed E-state index contributed by atoms with van der Waals surface area (Å²) in [5, 5.41) is 1.23. The van der Waals surface area contributed by atoms with Crippen molar-refractivity contribution in [2.75, 3.05) is 0 Å². The third-order valence-electron chi connectivity index (χ3n) is 3.69. The minimum atomic E-state index is -0.141. The molecule has 2 heterocycles. The van der Waals surface area contributed by atoms with Crippen molar-refractivity contribution < 1.29 is 0 Å². The molecule has 22 heavy (non-hydrogen) atoms. The molecule has 0 aliphatic carbocycles. The first-order valence-electron chi connectivity index (χ1n) is 7.58. The van der Waals surface area contributed by atoms with Crippen molar-refractivity contribution in [1.29, 1.82) is 0 Å². The van der Waals surface area contributed by atoms with Crippen LogP contribution >= 0.6 is 0 Å². The number of aromatic nitrogens is 3. The zero-order valence-electron chi connectivity index (χ0n) is 12.6. The third-order valence-corrected chi connectivity index (χ3v) is 3.69. The highest BCUT2D eigenvalue weighted by molar-refractivity contribution is 5.84. The van der Waals surface area contributed by atoms with Crippen LogP contribution in [0.3, 0.4) is 0 Å². The van der Waals surface area contributed by atoms with Crippen LogP contribution in [0.5, 0.6) is 0 Å². The van der Waals surface area contributed by atoms with Gasteiger partial charge in [-0.25, -0.2) is 4.98 Å². The fourth-order valence-corrected chi connectivity index (χ4v) is 2.50. The number of nitrogens with zero attached hydrogens (tertiary/aromatic N) is 2. The topological polar surface area (TPSA) is 50.7 Å². The van der Waals surface area contributed by atoms with Crippen LogP contribution in [0, 0.1) is 0 Å². The van der Waals surface area contributed by atoms with E-state index in [4.69, 9.17) is 0 Å². The van der Waals surface area contributed by atoms with E-state index in [1.54, 1.807) is 0 Å². The lowest BCUT2D eigenvalue weighted by molar-refractivity contribution is 0.650. The fraction of sp³-hybridized carbons (Fsp3) is 0.222. The summed E-state index contributed by atoms with van der Waals surface area (Å²) in [6.45, 7) is 3.27. The van der Waals surface area contributed by atoms with Crippen molar-refractivity contribution >= 4 is 23.1 Å². The van der Waals surface area contributed by atoms with E-state index in [2.05, 4.69) is 51.9 Å². The first-order chi connectivity index (χ1) is 10.8. The number of rotatable bonds is 5. The minimum absolute atomic E-state index is 0.141. The maximum Gasteiger partial charge on any atom is 0.251 e. The summed E-state index contributed by atoms with van der Waals surface area (Å²) >= 11 is 0. The first kappa shape index (κ1) is 14.3. The molecule has 2 aromatic heterocycles. The molecule has 4 heteroatoms. The van der Waals surface area contributed by atoms with Gasteiger partial charge in [-0.2, -0.15) is 0 Å². The first-order valence-corrected chi connectivity index (χ1v) is 7.58. The highest BCUT2D eigenvalue weighted by Gasteiger charge is 2.01.